The first-order valence-corrected chi connectivity index (χ1v) is 8.86. The Morgan fingerprint density at radius 2 is 2.04 bits per heavy atom. The van der Waals surface area contributed by atoms with E-state index in [1.165, 1.54) is 12.1 Å². The van der Waals surface area contributed by atoms with Crippen LogP contribution in [-0.2, 0) is 11.3 Å². The van der Waals surface area contributed by atoms with Crippen LogP contribution in [0.4, 0.5) is 8.78 Å². The van der Waals surface area contributed by atoms with E-state index in [2.05, 4.69) is 10.9 Å². The summed E-state index contributed by atoms with van der Waals surface area (Å²) in [4.78, 5) is 15.0. The van der Waals surface area contributed by atoms with E-state index < -0.39 is 11.6 Å². The largest absolute Gasteiger partial charge is 0.335 e. The van der Waals surface area contributed by atoms with Crippen LogP contribution >= 0.6 is 0 Å². The van der Waals surface area contributed by atoms with Gasteiger partial charge in [-0.1, -0.05) is 12.5 Å². The molecule has 1 amide bonds. The van der Waals surface area contributed by atoms with Crippen molar-refractivity contribution in [1.29, 1.82) is 0 Å². The second-order valence-corrected chi connectivity index (χ2v) is 7.28. The van der Waals surface area contributed by atoms with Gasteiger partial charge >= 0.3 is 0 Å². The highest BCUT2D eigenvalue weighted by Gasteiger charge is 2.44. The molecule has 4 rings (SSSR count). The zero-order valence-corrected chi connectivity index (χ0v) is 13.6. The van der Waals surface area contributed by atoms with Crippen molar-refractivity contribution in [2.24, 2.45) is 11.8 Å². The molecule has 2 aliphatic carbocycles. The summed E-state index contributed by atoms with van der Waals surface area (Å²) in [6, 6.07) is 3.98. The van der Waals surface area contributed by atoms with E-state index in [1.807, 2.05) is 4.90 Å². The molecule has 24 heavy (non-hydrogen) atoms. The van der Waals surface area contributed by atoms with E-state index >= 15 is 0 Å². The number of halogens is 2. The summed E-state index contributed by atoms with van der Waals surface area (Å²) in [5.74, 6) is -0.598. The Labute approximate surface area is 140 Å². The van der Waals surface area contributed by atoms with Crippen LogP contribution in [0.3, 0.4) is 0 Å². The van der Waals surface area contributed by atoms with E-state index in [1.54, 1.807) is 0 Å². The van der Waals surface area contributed by atoms with Crippen LogP contribution in [0.1, 0.15) is 37.7 Å². The molecule has 0 aromatic heterocycles. The normalized spacial score (nSPS) is 29.3. The van der Waals surface area contributed by atoms with Crippen LogP contribution in [0.5, 0.6) is 0 Å². The fourth-order valence-corrected chi connectivity index (χ4v) is 4.14. The third-order valence-electron chi connectivity index (χ3n) is 5.61. The van der Waals surface area contributed by atoms with Crippen molar-refractivity contribution in [3.05, 3.63) is 35.4 Å². The highest BCUT2D eigenvalue weighted by atomic mass is 19.1. The summed E-state index contributed by atoms with van der Waals surface area (Å²) in [5, 5.41) is 0. The number of hydrogen-bond acceptors (Lipinski definition) is 3. The first kappa shape index (κ1) is 16.0. The predicted molar refractivity (Wildman–Crippen MR) is 85.7 cm³/mol. The van der Waals surface area contributed by atoms with Gasteiger partial charge in [-0.05, 0) is 37.7 Å². The SMILES string of the molecule is O=C(C1CCCC2CNNC21)N(Cc1ccc(F)cc1F)C1CC1. The number of nitrogens with one attached hydrogen (secondary N) is 2. The molecule has 3 atom stereocenters. The van der Waals surface area contributed by atoms with E-state index in [4.69, 9.17) is 0 Å². The lowest BCUT2D eigenvalue weighted by Crippen LogP contribution is -2.49. The van der Waals surface area contributed by atoms with E-state index in [0.29, 0.717) is 11.5 Å². The molecule has 3 unspecified atom stereocenters. The topological polar surface area (TPSA) is 44.4 Å². The van der Waals surface area contributed by atoms with E-state index in [9.17, 15) is 13.6 Å². The molecule has 130 valence electrons. The second-order valence-electron chi connectivity index (χ2n) is 7.28. The lowest BCUT2D eigenvalue weighted by molar-refractivity contribution is -0.139. The average Bonchev–Trinajstić information content (AvgIpc) is 3.29. The third-order valence-corrected chi connectivity index (χ3v) is 5.61. The van der Waals surface area contributed by atoms with Gasteiger partial charge in [0.1, 0.15) is 11.6 Å². The van der Waals surface area contributed by atoms with Crippen molar-refractivity contribution in [2.45, 2.75) is 50.7 Å². The molecule has 6 heteroatoms. The molecule has 1 saturated heterocycles. The van der Waals surface area contributed by atoms with Gasteiger partial charge in [0.25, 0.3) is 0 Å². The summed E-state index contributed by atoms with van der Waals surface area (Å²) in [6.45, 7) is 1.14. The zero-order chi connectivity index (χ0) is 16.7. The standard InChI is InChI=1S/C18H23F2N3O/c19-13-5-4-12(16(20)8-13)10-23(14-6-7-14)18(24)15-3-1-2-11-9-21-22-17(11)15/h4-5,8,11,14-15,17,21-22H,1-3,6-7,9-10H2. The van der Waals surface area contributed by atoms with Crippen molar-refractivity contribution in [1.82, 2.24) is 15.8 Å². The predicted octanol–water partition coefficient (Wildman–Crippen LogP) is 2.35. The van der Waals surface area contributed by atoms with Gasteiger partial charge in [0.05, 0.1) is 5.92 Å². The maximum atomic E-state index is 14.0. The fraction of sp³-hybridized carbons (Fsp3) is 0.611. The van der Waals surface area contributed by atoms with E-state index in [0.717, 1.165) is 44.7 Å². The summed E-state index contributed by atoms with van der Waals surface area (Å²) < 4.78 is 27.1. The molecule has 0 bridgehead atoms. The maximum absolute atomic E-state index is 14.0. The number of carbonyl (C=O) groups excluding carboxylic acids is 1. The Balaban J connectivity index is 1.53. The zero-order valence-electron chi connectivity index (χ0n) is 13.6. The van der Waals surface area contributed by atoms with Gasteiger partial charge in [0.15, 0.2) is 0 Å². The minimum Gasteiger partial charge on any atom is -0.335 e. The number of benzene rings is 1. The molecular formula is C18H23F2N3O. The Morgan fingerprint density at radius 1 is 1.21 bits per heavy atom. The Morgan fingerprint density at radius 3 is 2.79 bits per heavy atom. The molecule has 3 fully saturated rings. The summed E-state index contributed by atoms with van der Waals surface area (Å²) >= 11 is 0. The van der Waals surface area contributed by atoms with Crippen LogP contribution in [0, 0.1) is 23.5 Å². The number of carbonyl (C=O) groups is 1. The molecule has 0 radical (unpaired) electrons. The molecule has 4 nitrogen and oxygen atoms in total. The van der Waals surface area contributed by atoms with Crippen molar-refractivity contribution in [3.8, 4) is 0 Å². The van der Waals surface area contributed by atoms with Crippen LogP contribution in [0.25, 0.3) is 0 Å². The molecule has 3 aliphatic rings. The highest BCUT2D eigenvalue weighted by Crippen LogP contribution is 2.36. The number of hydrazine groups is 1. The summed E-state index contributed by atoms with van der Waals surface area (Å²) in [5.41, 5.74) is 6.83. The Hall–Kier alpha value is -1.53. The number of rotatable bonds is 4. The molecule has 1 aromatic rings. The van der Waals surface area contributed by atoms with Crippen LogP contribution in [0.2, 0.25) is 0 Å². The van der Waals surface area contributed by atoms with Gasteiger partial charge in [-0.15, -0.1) is 0 Å². The first-order valence-electron chi connectivity index (χ1n) is 8.86. The van der Waals surface area contributed by atoms with Crippen LogP contribution < -0.4 is 10.9 Å². The molecule has 2 N–H and O–H groups in total. The average molecular weight is 335 g/mol. The van der Waals surface area contributed by atoms with Gasteiger partial charge in [-0.2, -0.15) is 0 Å². The van der Waals surface area contributed by atoms with Gasteiger partial charge in [-0.3, -0.25) is 15.6 Å². The Kier molecular flexibility index (Phi) is 4.26. The minimum atomic E-state index is -0.586. The third kappa shape index (κ3) is 3.05. The quantitative estimate of drug-likeness (QED) is 0.888. The lowest BCUT2D eigenvalue weighted by Gasteiger charge is -2.35. The maximum Gasteiger partial charge on any atom is 0.227 e. The van der Waals surface area contributed by atoms with Gasteiger partial charge in [0, 0.05) is 36.8 Å². The lowest BCUT2D eigenvalue weighted by atomic mass is 9.77. The number of nitrogens with zero attached hydrogens (tertiary/aromatic N) is 1. The van der Waals surface area contributed by atoms with Crippen LogP contribution in [0.15, 0.2) is 18.2 Å². The van der Waals surface area contributed by atoms with Crippen molar-refractivity contribution in [3.63, 3.8) is 0 Å². The molecule has 1 aromatic carbocycles. The molecule has 1 heterocycles. The summed E-state index contributed by atoms with van der Waals surface area (Å²) in [7, 11) is 0. The molecule has 1 aliphatic heterocycles. The van der Waals surface area contributed by atoms with Gasteiger partial charge < -0.3 is 4.90 Å². The molecule has 2 saturated carbocycles. The first-order chi connectivity index (χ1) is 11.6. The Bertz CT molecular complexity index is 635. The monoisotopic (exact) mass is 335 g/mol. The van der Waals surface area contributed by atoms with Crippen molar-refractivity contribution < 1.29 is 13.6 Å². The van der Waals surface area contributed by atoms with Crippen molar-refractivity contribution >= 4 is 5.91 Å². The van der Waals surface area contributed by atoms with Gasteiger partial charge in [-0.25, -0.2) is 8.78 Å². The van der Waals surface area contributed by atoms with Crippen molar-refractivity contribution in [2.75, 3.05) is 6.54 Å². The van der Waals surface area contributed by atoms with Gasteiger partial charge in [0.2, 0.25) is 5.91 Å². The number of amides is 1. The fourth-order valence-electron chi connectivity index (χ4n) is 4.14. The minimum absolute atomic E-state index is 0.0529. The molecule has 0 spiro atoms. The summed E-state index contributed by atoms with van der Waals surface area (Å²) in [6.07, 6.45) is 5.03. The second kappa shape index (κ2) is 6.41. The number of hydrogen-bond donors (Lipinski definition) is 2. The molecular weight excluding hydrogens is 312 g/mol. The number of fused-ring (bicyclic) bond motifs is 1. The smallest absolute Gasteiger partial charge is 0.227 e. The van der Waals surface area contributed by atoms with E-state index in [-0.39, 0.29) is 30.5 Å². The highest BCUT2D eigenvalue weighted by molar-refractivity contribution is 5.80. The van der Waals surface area contributed by atoms with Crippen LogP contribution in [-0.4, -0.2) is 29.4 Å².